The summed E-state index contributed by atoms with van der Waals surface area (Å²) < 4.78 is 89.5. The van der Waals surface area contributed by atoms with Crippen LogP contribution in [0.2, 0.25) is 0 Å². The lowest BCUT2D eigenvalue weighted by Crippen LogP contribution is -2.69. The van der Waals surface area contributed by atoms with Crippen molar-refractivity contribution >= 4 is 5.78 Å². The van der Waals surface area contributed by atoms with Crippen molar-refractivity contribution in [1.29, 1.82) is 0 Å². The fourth-order valence-electron chi connectivity index (χ4n) is 19.4. The molecular weight excluding hydrogens is 1410 g/mol. The van der Waals surface area contributed by atoms with Gasteiger partial charge in [0.15, 0.2) is 49.8 Å². The fraction of sp³-hybridized carbons (Fsp3) is 0.985. The highest BCUT2D eigenvalue weighted by atomic mass is 16.8. The normalized spacial score (nSPS) is 55.6. The van der Waals surface area contributed by atoms with E-state index in [0.29, 0.717) is 38.5 Å². The van der Waals surface area contributed by atoms with E-state index in [1.54, 1.807) is 0 Å². The average Bonchev–Trinajstić information content (AvgIpc) is 1.54. The van der Waals surface area contributed by atoms with Crippen LogP contribution in [0, 0.1) is 52.3 Å². The van der Waals surface area contributed by atoms with Crippen LogP contribution in [0.1, 0.15) is 99.3 Å². The zero-order valence-corrected chi connectivity index (χ0v) is 59.4. The van der Waals surface area contributed by atoms with Crippen molar-refractivity contribution < 1.29 is 183 Å². The van der Waals surface area contributed by atoms with Crippen molar-refractivity contribution in [3.8, 4) is 0 Å². The van der Waals surface area contributed by atoms with Crippen LogP contribution in [0.4, 0.5) is 0 Å². The predicted octanol–water partition coefficient (Wildman–Crippen LogP) is -8.61. The maximum absolute atomic E-state index is 14.9. The van der Waals surface area contributed by atoms with E-state index in [1.807, 2.05) is 20.8 Å². The molecule has 606 valence electrons. The number of hydrogen-bond acceptors (Lipinski definition) is 37. The maximum Gasteiger partial charge on any atom is 0.187 e. The summed E-state index contributed by atoms with van der Waals surface area (Å²) in [5.74, 6) is -1.91. The Labute approximate surface area is 605 Å². The lowest BCUT2D eigenvalue weighted by atomic mass is 9.44. The second kappa shape index (κ2) is 33.0. The second-order valence-electron chi connectivity index (χ2n) is 32.1. The summed E-state index contributed by atoms with van der Waals surface area (Å²) >= 11 is 0. The minimum atomic E-state index is -2.19. The molecule has 0 aromatic carbocycles. The molecule has 37 nitrogen and oxygen atoms in total. The molecule has 12 fully saturated rings. The zero-order valence-electron chi connectivity index (χ0n) is 59.4. The Morgan fingerprint density at radius 2 is 0.971 bits per heavy atom. The number of ketones is 1. The van der Waals surface area contributed by atoms with Gasteiger partial charge < -0.3 is 178 Å². The minimum absolute atomic E-state index is 0.0000505. The topological polar surface area (TPSA) is 580 Å². The molecule has 4 saturated carbocycles. The molecule has 21 N–H and O–H groups in total. The van der Waals surface area contributed by atoms with Gasteiger partial charge in [0.2, 0.25) is 0 Å². The molecule has 0 spiro atoms. The Bertz CT molecular complexity index is 2840. The van der Waals surface area contributed by atoms with Crippen molar-refractivity contribution in [2.24, 2.45) is 52.3 Å². The number of hydrogen-bond donors (Lipinski definition) is 21. The third kappa shape index (κ3) is 15.4. The molecule has 0 aromatic heterocycles. The van der Waals surface area contributed by atoms with Gasteiger partial charge in [0, 0.05) is 30.1 Å². The first-order chi connectivity index (χ1) is 49.6. The van der Waals surface area contributed by atoms with Crippen molar-refractivity contribution in [1.82, 2.24) is 0 Å². The number of carbonyl (C=O) groups excluding carboxylic acids is 1. The quantitative estimate of drug-likeness (QED) is 0.0448. The van der Waals surface area contributed by atoms with Crippen molar-refractivity contribution in [3.63, 3.8) is 0 Å². The standard InChI is InChI=1S/C68H112O37/c1-22(20-91-59-49(85)44(80)41(77)33(16-69)96-59)9-12-68(90)23(2)38-32(105-68)14-30-28-8-7-26-13-27(10-11-66(26,5)29(28)15-37(74)67(30,38)6)95-63-52(88)46(82)55(35(18-71)98-63)101-64-53(89)47(83)56(36(19-72)99-64)102-65-58(104-60-48(84)40(76)31(73)21-92-60)57(42(78)34(17-70)97-65)103-62-51(87)45(81)54(25(4)94-62)100-61-50(86)43(79)39(75)24(3)93-61/h22-36,38-65,69-73,75-90H,7-21H2,1-6H3/t22-,23-,24+,25+,26-,27+,28-,29-,30+,31+,32-,33+,34+,35+,36+,38-,39+,40-,41+,42+,43-,44-,45+,46+,47+,48+,49+,50+,51+,52+,53+,54+,55+,56+,57-,58+,59+,60-,61-,62-,63+,64-,65-,66+,67+,68-/m1/s1. The summed E-state index contributed by atoms with van der Waals surface area (Å²) in [7, 11) is 0. The molecule has 8 saturated heterocycles. The first kappa shape index (κ1) is 82.7. The number of aliphatic hydroxyl groups excluding tert-OH is 20. The van der Waals surface area contributed by atoms with Crippen LogP contribution in [-0.4, -0.2) is 379 Å². The molecule has 0 unspecified atom stereocenters. The van der Waals surface area contributed by atoms with E-state index in [4.69, 9.17) is 71.1 Å². The van der Waals surface area contributed by atoms with Gasteiger partial charge in [-0.2, -0.15) is 0 Å². The maximum atomic E-state index is 14.9. The Hall–Kier alpha value is -1.77. The SMILES string of the molecule is C[C@H](CC[C@@]1(O)O[C@@H]2C[C@H]3[C@@H]4CC[C@@H]5C[C@@H](O[C@H]6O[C@@H](CO)[C@H](O[C@H]7O[C@@H](CO)[C@H](O[C@H]8O[C@@H](CO)[C@H](O)[C@@H](O[C@H]9O[C@@H](C)[C@H](O[C@H]%10O[C@@H](C)[C@H](O)[C@@H](O)[C@@H]%10O)[C@@H](O)[C@@H]9O)[C@@H]8O[C@H]8OC[C@H](O)[C@@H](O)[C@@H]8O)[C@@H](O)[C@@H]7O)[C@@H](O)[C@@H]6O)CC[C@]5(C)[C@@H]4CC(=O)[C@@]3(C)[C@@H]2[C@H]1C)CO[C@H]1O[C@@H](CO)[C@H](O)[C@@H](O)[C@@H]1O. The smallest absolute Gasteiger partial charge is 0.187 e. The molecule has 8 aliphatic heterocycles. The van der Waals surface area contributed by atoms with Gasteiger partial charge in [-0.05, 0) is 93.8 Å². The summed E-state index contributed by atoms with van der Waals surface area (Å²) in [4.78, 5) is 14.9. The van der Waals surface area contributed by atoms with Crippen LogP contribution in [-0.2, 0) is 75.8 Å². The number of Topliss-reactive ketones (excluding diaryl/α,β-unsaturated/α-hetero) is 1. The number of aliphatic hydroxyl groups is 21. The zero-order chi connectivity index (χ0) is 76.1. The largest absolute Gasteiger partial charge is 0.394 e. The van der Waals surface area contributed by atoms with Crippen LogP contribution in [0.15, 0.2) is 0 Å². The van der Waals surface area contributed by atoms with Gasteiger partial charge in [-0.15, -0.1) is 0 Å². The molecule has 0 radical (unpaired) electrons. The van der Waals surface area contributed by atoms with E-state index < -0.39 is 265 Å². The third-order valence-corrected chi connectivity index (χ3v) is 25.8. The second-order valence-corrected chi connectivity index (χ2v) is 32.1. The van der Waals surface area contributed by atoms with E-state index in [0.717, 1.165) is 12.8 Å². The summed E-state index contributed by atoms with van der Waals surface area (Å²) in [5, 5.41) is 230. The Morgan fingerprint density at radius 1 is 0.476 bits per heavy atom. The lowest BCUT2D eigenvalue weighted by Gasteiger charge is -2.60. The van der Waals surface area contributed by atoms with Crippen molar-refractivity contribution in [2.45, 2.75) is 326 Å². The molecule has 0 aromatic rings. The summed E-state index contributed by atoms with van der Waals surface area (Å²) in [5.41, 5.74) is -1.05. The molecule has 0 bridgehead atoms. The Morgan fingerprint density at radius 3 is 1.60 bits per heavy atom. The van der Waals surface area contributed by atoms with Crippen molar-refractivity contribution in [3.05, 3.63) is 0 Å². The highest BCUT2D eigenvalue weighted by Crippen LogP contribution is 2.70. The van der Waals surface area contributed by atoms with E-state index in [2.05, 4.69) is 6.92 Å². The van der Waals surface area contributed by atoms with Gasteiger partial charge >= 0.3 is 0 Å². The minimum Gasteiger partial charge on any atom is -0.394 e. The highest BCUT2D eigenvalue weighted by Gasteiger charge is 2.72. The molecule has 105 heavy (non-hydrogen) atoms. The number of rotatable bonds is 22. The van der Waals surface area contributed by atoms with E-state index in [9.17, 15) is 112 Å². The molecule has 0 amide bonds. The van der Waals surface area contributed by atoms with Gasteiger partial charge in [-0.1, -0.05) is 27.7 Å². The van der Waals surface area contributed by atoms with Gasteiger partial charge in [0.05, 0.1) is 64.1 Å². The number of carbonyl (C=O) groups is 1. The predicted molar refractivity (Wildman–Crippen MR) is 341 cm³/mol. The van der Waals surface area contributed by atoms with Crippen molar-refractivity contribution in [2.75, 3.05) is 39.6 Å². The van der Waals surface area contributed by atoms with Crippen LogP contribution in [0.25, 0.3) is 0 Å². The summed E-state index contributed by atoms with van der Waals surface area (Å²) in [6.45, 7) is 6.79. The third-order valence-electron chi connectivity index (χ3n) is 25.8. The summed E-state index contributed by atoms with van der Waals surface area (Å²) in [6.07, 6.45) is -55.5. The monoisotopic (exact) mass is 1520 g/mol. The molecule has 12 aliphatic rings. The van der Waals surface area contributed by atoms with Gasteiger partial charge in [-0.3, -0.25) is 4.79 Å². The van der Waals surface area contributed by atoms with E-state index in [1.165, 1.54) is 13.8 Å². The van der Waals surface area contributed by atoms with Gasteiger partial charge in [0.25, 0.3) is 0 Å². The van der Waals surface area contributed by atoms with Crippen LogP contribution in [0.5, 0.6) is 0 Å². The molecule has 37 heteroatoms. The molecule has 46 atom stereocenters. The Kier molecular flexibility index (Phi) is 26.0. The molecule has 12 rings (SSSR count). The van der Waals surface area contributed by atoms with Crippen LogP contribution in [0.3, 0.4) is 0 Å². The van der Waals surface area contributed by atoms with E-state index in [-0.39, 0.29) is 65.8 Å². The summed E-state index contributed by atoms with van der Waals surface area (Å²) in [6, 6.07) is 0. The van der Waals surface area contributed by atoms with Crippen LogP contribution >= 0.6 is 0 Å². The lowest BCUT2D eigenvalue weighted by molar-refractivity contribution is -0.408. The average molecular weight is 1520 g/mol. The number of fused-ring (bicyclic) bond motifs is 7. The van der Waals surface area contributed by atoms with Gasteiger partial charge in [0.1, 0.15) is 158 Å². The first-order valence-electron chi connectivity index (χ1n) is 37.0. The molecule has 4 aliphatic carbocycles. The van der Waals surface area contributed by atoms with Crippen LogP contribution < -0.4 is 0 Å². The Balaban J connectivity index is 0.659. The number of ether oxygens (including phenoxy) is 15. The van der Waals surface area contributed by atoms with Gasteiger partial charge in [-0.25, -0.2) is 0 Å². The fourth-order valence-corrected chi connectivity index (χ4v) is 19.4. The van der Waals surface area contributed by atoms with E-state index >= 15 is 0 Å². The molecular formula is C68H112O37. The molecule has 8 heterocycles. The first-order valence-corrected chi connectivity index (χ1v) is 37.0. The highest BCUT2D eigenvalue weighted by molar-refractivity contribution is 5.87.